The van der Waals surface area contributed by atoms with Gasteiger partial charge in [-0.3, -0.25) is 9.78 Å². The zero-order valence-corrected chi connectivity index (χ0v) is 17.0. The number of sulfonamides is 1. The summed E-state index contributed by atoms with van der Waals surface area (Å²) in [6.07, 6.45) is 3.37. The molecule has 1 saturated heterocycles. The van der Waals surface area contributed by atoms with Gasteiger partial charge in [0.15, 0.2) is 5.78 Å². The van der Waals surface area contributed by atoms with Crippen LogP contribution in [0, 0.1) is 5.92 Å². The Balaban J connectivity index is 0.00000261. The Morgan fingerprint density at radius 3 is 2.52 bits per heavy atom. The van der Waals surface area contributed by atoms with Gasteiger partial charge in [0.05, 0.1) is 10.9 Å². The molecule has 0 radical (unpaired) electrons. The molecule has 0 amide bonds. The van der Waals surface area contributed by atoms with Crippen molar-refractivity contribution in [3.63, 3.8) is 0 Å². The maximum atomic E-state index is 13.2. The molecule has 6 nitrogen and oxygen atoms in total. The first kappa shape index (κ1) is 21.5. The highest BCUT2D eigenvalue weighted by atomic mass is 35.5. The smallest absolute Gasteiger partial charge is 0.243 e. The Morgan fingerprint density at radius 1 is 1.22 bits per heavy atom. The summed E-state index contributed by atoms with van der Waals surface area (Å²) in [6.45, 7) is 5.17. The van der Waals surface area contributed by atoms with Gasteiger partial charge in [0.2, 0.25) is 10.0 Å². The molecule has 1 fully saturated rings. The van der Waals surface area contributed by atoms with E-state index in [4.69, 9.17) is 0 Å². The Morgan fingerprint density at radius 2 is 1.93 bits per heavy atom. The number of Topliss-reactive ketones (excluding diaryl/α,β-unsaturated/α-hetero) is 1. The number of rotatable bonds is 5. The van der Waals surface area contributed by atoms with Crippen molar-refractivity contribution in [3.05, 3.63) is 59.9 Å². The second-order valence-corrected chi connectivity index (χ2v) is 8.56. The summed E-state index contributed by atoms with van der Waals surface area (Å²) in [4.78, 5) is 16.4. The second-order valence-electron chi connectivity index (χ2n) is 6.67. The van der Waals surface area contributed by atoms with Crippen molar-refractivity contribution < 1.29 is 13.2 Å². The number of carbonyl (C=O) groups excluding carboxylic acids is 1. The minimum absolute atomic E-state index is 0. The lowest BCUT2D eigenvalue weighted by Gasteiger charge is -2.35. The molecule has 1 aliphatic rings. The fourth-order valence-corrected chi connectivity index (χ4v) is 4.70. The maximum Gasteiger partial charge on any atom is 0.243 e. The van der Waals surface area contributed by atoms with E-state index in [2.05, 4.69) is 10.3 Å². The number of hydrogen-bond acceptors (Lipinski definition) is 5. The molecule has 146 valence electrons. The van der Waals surface area contributed by atoms with Gasteiger partial charge < -0.3 is 5.32 Å². The molecule has 0 bridgehead atoms. The Labute approximate surface area is 166 Å². The summed E-state index contributed by atoms with van der Waals surface area (Å²) in [5, 5.41) is 3.24. The van der Waals surface area contributed by atoms with Gasteiger partial charge in [0.1, 0.15) is 0 Å². The first-order valence-electron chi connectivity index (χ1n) is 8.68. The fraction of sp³-hybridized carbons (Fsp3) is 0.368. The highest BCUT2D eigenvalue weighted by Gasteiger charge is 2.34. The van der Waals surface area contributed by atoms with Crippen molar-refractivity contribution in [2.75, 3.05) is 19.6 Å². The van der Waals surface area contributed by atoms with Gasteiger partial charge in [-0.1, -0.05) is 32.0 Å². The van der Waals surface area contributed by atoms with Gasteiger partial charge in [-0.05, 0) is 23.8 Å². The monoisotopic (exact) mass is 409 g/mol. The molecule has 0 saturated carbocycles. The maximum absolute atomic E-state index is 13.2. The second kappa shape index (κ2) is 8.93. The number of ketones is 1. The number of hydrogen-bond donors (Lipinski definition) is 1. The van der Waals surface area contributed by atoms with Gasteiger partial charge >= 0.3 is 0 Å². The average molecular weight is 410 g/mol. The molecule has 2 aromatic rings. The average Bonchev–Trinajstić information content (AvgIpc) is 2.68. The summed E-state index contributed by atoms with van der Waals surface area (Å²) in [7, 11) is -3.67. The third kappa shape index (κ3) is 4.55. The van der Waals surface area contributed by atoms with Crippen LogP contribution in [0.4, 0.5) is 0 Å². The molecule has 0 spiro atoms. The normalized spacial score (nSPS) is 18.1. The fourth-order valence-electron chi connectivity index (χ4n) is 3.09. The van der Waals surface area contributed by atoms with Crippen LogP contribution in [0.3, 0.4) is 0 Å². The topological polar surface area (TPSA) is 79.4 Å². The highest BCUT2D eigenvalue weighted by molar-refractivity contribution is 7.89. The minimum Gasteiger partial charge on any atom is -0.313 e. The van der Waals surface area contributed by atoms with Gasteiger partial charge in [0, 0.05) is 43.5 Å². The molecule has 1 N–H and O–H groups in total. The van der Waals surface area contributed by atoms with Gasteiger partial charge in [-0.2, -0.15) is 4.31 Å². The number of nitrogens with zero attached hydrogens (tertiary/aromatic N) is 2. The lowest BCUT2D eigenvalue weighted by molar-refractivity contribution is 0.0939. The summed E-state index contributed by atoms with van der Waals surface area (Å²) in [5.41, 5.74) is 1.39. The lowest BCUT2D eigenvalue weighted by Crippen LogP contribution is -2.48. The first-order valence-corrected chi connectivity index (χ1v) is 10.1. The highest BCUT2D eigenvalue weighted by Crippen LogP contribution is 2.28. The largest absolute Gasteiger partial charge is 0.313 e. The van der Waals surface area contributed by atoms with Crippen LogP contribution >= 0.6 is 12.4 Å². The summed E-state index contributed by atoms with van der Waals surface area (Å²) in [5.74, 6) is -0.120. The molecule has 1 aliphatic heterocycles. The number of carbonyl (C=O) groups is 1. The van der Waals surface area contributed by atoms with Crippen LogP contribution in [0.5, 0.6) is 0 Å². The SMILES string of the molecule is CC(C)C(=O)c1ccc(S(=O)(=O)N2CCNCC2c2cccnc2)cc1.Cl. The van der Waals surface area contributed by atoms with Crippen molar-refractivity contribution in [2.45, 2.75) is 24.8 Å². The molecule has 1 unspecified atom stereocenters. The van der Waals surface area contributed by atoms with Crippen molar-refractivity contribution in [3.8, 4) is 0 Å². The zero-order valence-electron chi connectivity index (χ0n) is 15.3. The van der Waals surface area contributed by atoms with E-state index in [1.54, 1.807) is 30.6 Å². The molecule has 1 aromatic heterocycles. The van der Waals surface area contributed by atoms with Crippen molar-refractivity contribution >= 4 is 28.2 Å². The predicted octanol–water partition coefficient (Wildman–Crippen LogP) is 2.68. The van der Waals surface area contributed by atoms with Gasteiger partial charge in [-0.15, -0.1) is 12.4 Å². The van der Waals surface area contributed by atoms with Crippen molar-refractivity contribution in [2.24, 2.45) is 5.92 Å². The Kier molecular flexibility index (Phi) is 7.11. The van der Waals surface area contributed by atoms with Crippen LogP contribution in [-0.4, -0.2) is 43.1 Å². The Hall–Kier alpha value is -1.80. The summed E-state index contributed by atoms with van der Waals surface area (Å²) >= 11 is 0. The summed E-state index contributed by atoms with van der Waals surface area (Å²) < 4.78 is 27.9. The standard InChI is InChI=1S/C19H23N3O3S.ClH/c1-14(2)19(23)15-5-7-17(8-6-15)26(24,25)22-11-10-21-13-18(22)16-4-3-9-20-12-16;/h3-9,12,14,18,21H,10-11,13H2,1-2H3;1H. The van der Waals surface area contributed by atoms with Gasteiger partial charge in [-0.25, -0.2) is 8.42 Å². The molecule has 3 rings (SSSR count). The van der Waals surface area contributed by atoms with Crippen molar-refractivity contribution in [1.29, 1.82) is 0 Å². The molecule has 1 aromatic carbocycles. The quantitative estimate of drug-likeness (QED) is 0.768. The lowest BCUT2D eigenvalue weighted by atomic mass is 10.0. The predicted molar refractivity (Wildman–Crippen MR) is 107 cm³/mol. The van der Waals surface area contributed by atoms with Crippen LogP contribution in [0.25, 0.3) is 0 Å². The molecule has 27 heavy (non-hydrogen) atoms. The van der Waals surface area contributed by atoms with Crippen LogP contribution in [0.15, 0.2) is 53.7 Å². The Bertz CT molecular complexity index is 871. The number of pyridine rings is 1. The number of benzene rings is 1. The van der Waals surface area contributed by atoms with Crippen LogP contribution in [0.1, 0.15) is 35.8 Å². The number of aromatic nitrogens is 1. The van der Waals surface area contributed by atoms with E-state index in [9.17, 15) is 13.2 Å². The van der Waals surface area contributed by atoms with Gasteiger partial charge in [0.25, 0.3) is 0 Å². The third-order valence-corrected chi connectivity index (χ3v) is 6.46. The van der Waals surface area contributed by atoms with Crippen molar-refractivity contribution in [1.82, 2.24) is 14.6 Å². The number of nitrogens with one attached hydrogen (secondary N) is 1. The summed E-state index contributed by atoms with van der Waals surface area (Å²) in [6, 6.07) is 9.62. The first-order chi connectivity index (χ1) is 12.4. The van der Waals surface area contributed by atoms with E-state index < -0.39 is 10.0 Å². The van der Waals surface area contributed by atoms with E-state index in [0.29, 0.717) is 25.2 Å². The number of halogens is 1. The van der Waals surface area contributed by atoms with Crippen LogP contribution in [0.2, 0.25) is 0 Å². The van der Waals surface area contributed by atoms with Crippen LogP contribution < -0.4 is 5.32 Å². The minimum atomic E-state index is -3.67. The van der Waals surface area contributed by atoms with E-state index in [1.165, 1.54) is 16.4 Å². The molecular formula is C19H24ClN3O3S. The molecule has 2 heterocycles. The zero-order chi connectivity index (χ0) is 18.7. The van der Waals surface area contributed by atoms with E-state index in [0.717, 1.165) is 5.56 Å². The van der Waals surface area contributed by atoms with Crippen LogP contribution in [-0.2, 0) is 10.0 Å². The molecule has 8 heteroatoms. The van der Waals surface area contributed by atoms with E-state index in [1.807, 2.05) is 19.9 Å². The number of piperazine rings is 1. The van der Waals surface area contributed by atoms with E-state index >= 15 is 0 Å². The molecular weight excluding hydrogens is 386 g/mol. The molecule has 1 atom stereocenters. The van der Waals surface area contributed by atoms with E-state index in [-0.39, 0.29) is 35.0 Å². The third-order valence-electron chi connectivity index (χ3n) is 4.53. The molecule has 0 aliphatic carbocycles.